The standard InChI is InChI=1S/C17H21N3O/c1-20(2)16-8-4-7-15(12-16)19-17(21)14-6-3-5-13(11-14)9-10-18/h3-8,11-12H,9-10,18H2,1-2H3,(H,19,21). The van der Waals surface area contributed by atoms with Crippen LogP contribution in [0.4, 0.5) is 11.4 Å². The Kier molecular flexibility index (Phi) is 4.95. The Bertz CT molecular complexity index is 623. The second-order valence-electron chi connectivity index (χ2n) is 5.14. The minimum Gasteiger partial charge on any atom is -0.378 e. The van der Waals surface area contributed by atoms with E-state index in [0.29, 0.717) is 12.1 Å². The minimum absolute atomic E-state index is 0.107. The molecular formula is C17H21N3O. The fourth-order valence-electron chi connectivity index (χ4n) is 2.10. The van der Waals surface area contributed by atoms with Gasteiger partial charge in [0.15, 0.2) is 0 Å². The highest BCUT2D eigenvalue weighted by molar-refractivity contribution is 6.04. The molecule has 3 N–H and O–H groups in total. The number of nitrogens with two attached hydrogens (primary N) is 1. The Morgan fingerprint density at radius 3 is 2.62 bits per heavy atom. The van der Waals surface area contributed by atoms with Gasteiger partial charge in [0.1, 0.15) is 0 Å². The smallest absolute Gasteiger partial charge is 0.255 e. The van der Waals surface area contributed by atoms with Gasteiger partial charge in [0, 0.05) is 31.0 Å². The van der Waals surface area contributed by atoms with Crippen molar-refractivity contribution in [1.29, 1.82) is 0 Å². The van der Waals surface area contributed by atoms with Crippen molar-refractivity contribution in [3.8, 4) is 0 Å². The largest absolute Gasteiger partial charge is 0.378 e. The lowest BCUT2D eigenvalue weighted by molar-refractivity contribution is 0.102. The molecule has 21 heavy (non-hydrogen) atoms. The van der Waals surface area contributed by atoms with Gasteiger partial charge in [-0.05, 0) is 48.9 Å². The normalized spacial score (nSPS) is 10.2. The Morgan fingerprint density at radius 1 is 1.14 bits per heavy atom. The Balaban J connectivity index is 2.14. The van der Waals surface area contributed by atoms with Crippen molar-refractivity contribution < 1.29 is 4.79 Å². The van der Waals surface area contributed by atoms with E-state index in [0.717, 1.165) is 23.4 Å². The van der Waals surface area contributed by atoms with Crippen molar-refractivity contribution in [2.45, 2.75) is 6.42 Å². The van der Waals surface area contributed by atoms with Crippen LogP contribution in [0.5, 0.6) is 0 Å². The average molecular weight is 283 g/mol. The molecule has 0 saturated carbocycles. The van der Waals surface area contributed by atoms with Gasteiger partial charge in [0.05, 0.1) is 0 Å². The molecule has 2 aromatic rings. The van der Waals surface area contributed by atoms with Crippen LogP contribution >= 0.6 is 0 Å². The van der Waals surface area contributed by atoms with E-state index in [2.05, 4.69) is 5.32 Å². The maximum Gasteiger partial charge on any atom is 0.255 e. The number of carbonyl (C=O) groups is 1. The van der Waals surface area contributed by atoms with E-state index in [9.17, 15) is 4.79 Å². The zero-order chi connectivity index (χ0) is 15.2. The Hall–Kier alpha value is -2.33. The van der Waals surface area contributed by atoms with Crippen LogP contribution in [-0.2, 0) is 6.42 Å². The number of hydrogen-bond donors (Lipinski definition) is 2. The van der Waals surface area contributed by atoms with E-state index in [1.165, 1.54) is 0 Å². The zero-order valence-corrected chi connectivity index (χ0v) is 12.5. The van der Waals surface area contributed by atoms with Gasteiger partial charge < -0.3 is 16.0 Å². The molecule has 0 spiro atoms. The molecule has 0 aliphatic heterocycles. The quantitative estimate of drug-likeness (QED) is 0.886. The van der Waals surface area contributed by atoms with Crippen LogP contribution in [0.1, 0.15) is 15.9 Å². The molecule has 0 saturated heterocycles. The van der Waals surface area contributed by atoms with Crippen LogP contribution in [0.2, 0.25) is 0 Å². The average Bonchev–Trinajstić information content (AvgIpc) is 2.48. The van der Waals surface area contributed by atoms with Crippen LogP contribution in [0.15, 0.2) is 48.5 Å². The maximum absolute atomic E-state index is 12.3. The van der Waals surface area contributed by atoms with Gasteiger partial charge in [-0.2, -0.15) is 0 Å². The molecule has 0 bridgehead atoms. The highest BCUT2D eigenvalue weighted by atomic mass is 16.1. The van der Waals surface area contributed by atoms with Crippen molar-refractivity contribution >= 4 is 17.3 Å². The number of nitrogens with one attached hydrogen (secondary N) is 1. The van der Waals surface area contributed by atoms with Crippen molar-refractivity contribution in [1.82, 2.24) is 0 Å². The maximum atomic E-state index is 12.3. The second-order valence-corrected chi connectivity index (χ2v) is 5.14. The summed E-state index contributed by atoms with van der Waals surface area (Å²) in [5.41, 5.74) is 9.11. The molecule has 0 aromatic heterocycles. The number of rotatable bonds is 5. The van der Waals surface area contributed by atoms with Gasteiger partial charge >= 0.3 is 0 Å². The van der Waals surface area contributed by atoms with E-state index in [1.54, 1.807) is 0 Å². The summed E-state index contributed by atoms with van der Waals surface area (Å²) in [5, 5.41) is 2.93. The number of carbonyl (C=O) groups excluding carboxylic acids is 1. The highest BCUT2D eigenvalue weighted by Gasteiger charge is 2.07. The van der Waals surface area contributed by atoms with E-state index in [1.807, 2.05) is 67.5 Å². The lowest BCUT2D eigenvalue weighted by atomic mass is 10.1. The summed E-state index contributed by atoms with van der Waals surface area (Å²) in [6, 6.07) is 15.3. The first kappa shape index (κ1) is 15.1. The second kappa shape index (κ2) is 6.90. The summed E-state index contributed by atoms with van der Waals surface area (Å²) < 4.78 is 0. The van der Waals surface area contributed by atoms with E-state index >= 15 is 0 Å². The third-order valence-corrected chi connectivity index (χ3v) is 3.24. The number of amides is 1. The molecule has 0 aliphatic rings. The van der Waals surface area contributed by atoms with Crippen molar-refractivity contribution in [2.24, 2.45) is 5.73 Å². The first-order valence-corrected chi connectivity index (χ1v) is 6.98. The molecular weight excluding hydrogens is 262 g/mol. The van der Waals surface area contributed by atoms with Crippen LogP contribution in [0.3, 0.4) is 0 Å². The number of nitrogens with zero attached hydrogens (tertiary/aromatic N) is 1. The van der Waals surface area contributed by atoms with E-state index < -0.39 is 0 Å². The van der Waals surface area contributed by atoms with Gasteiger partial charge in [0.25, 0.3) is 5.91 Å². The highest BCUT2D eigenvalue weighted by Crippen LogP contribution is 2.18. The monoisotopic (exact) mass is 283 g/mol. The van der Waals surface area contributed by atoms with Crippen molar-refractivity contribution in [3.63, 3.8) is 0 Å². The number of benzene rings is 2. The van der Waals surface area contributed by atoms with Gasteiger partial charge in [-0.3, -0.25) is 4.79 Å². The van der Waals surface area contributed by atoms with Crippen LogP contribution in [0.25, 0.3) is 0 Å². The van der Waals surface area contributed by atoms with Crippen LogP contribution < -0.4 is 16.0 Å². The predicted molar refractivity (Wildman–Crippen MR) is 87.9 cm³/mol. The van der Waals surface area contributed by atoms with Gasteiger partial charge in [0.2, 0.25) is 0 Å². The summed E-state index contributed by atoms with van der Waals surface area (Å²) in [5.74, 6) is -0.107. The lowest BCUT2D eigenvalue weighted by Gasteiger charge is -2.14. The van der Waals surface area contributed by atoms with E-state index in [-0.39, 0.29) is 5.91 Å². The SMILES string of the molecule is CN(C)c1cccc(NC(=O)c2cccc(CCN)c2)c1. The zero-order valence-electron chi connectivity index (χ0n) is 12.5. The molecule has 0 aliphatic carbocycles. The minimum atomic E-state index is -0.107. The molecule has 0 heterocycles. The number of anilines is 2. The molecule has 0 unspecified atom stereocenters. The molecule has 2 rings (SSSR count). The first-order valence-electron chi connectivity index (χ1n) is 6.98. The molecule has 0 radical (unpaired) electrons. The van der Waals surface area contributed by atoms with Crippen molar-refractivity contribution in [2.75, 3.05) is 30.9 Å². The molecule has 4 nitrogen and oxygen atoms in total. The fourth-order valence-corrected chi connectivity index (χ4v) is 2.10. The molecule has 0 fully saturated rings. The third kappa shape index (κ3) is 4.07. The third-order valence-electron chi connectivity index (χ3n) is 3.24. The molecule has 2 aromatic carbocycles. The van der Waals surface area contributed by atoms with E-state index in [4.69, 9.17) is 5.73 Å². The summed E-state index contributed by atoms with van der Waals surface area (Å²) in [6.45, 7) is 0.579. The Morgan fingerprint density at radius 2 is 1.90 bits per heavy atom. The summed E-state index contributed by atoms with van der Waals surface area (Å²) >= 11 is 0. The van der Waals surface area contributed by atoms with Gasteiger partial charge in [-0.1, -0.05) is 18.2 Å². The molecule has 110 valence electrons. The van der Waals surface area contributed by atoms with Crippen LogP contribution in [-0.4, -0.2) is 26.5 Å². The van der Waals surface area contributed by atoms with Crippen molar-refractivity contribution in [3.05, 3.63) is 59.7 Å². The summed E-state index contributed by atoms with van der Waals surface area (Å²) in [6.07, 6.45) is 0.775. The molecule has 4 heteroatoms. The lowest BCUT2D eigenvalue weighted by Crippen LogP contribution is -2.14. The summed E-state index contributed by atoms with van der Waals surface area (Å²) in [4.78, 5) is 14.3. The van der Waals surface area contributed by atoms with Gasteiger partial charge in [-0.25, -0.2) is 0 Å². The van der Waals surface area contributed by atoms with Gasteiger partial charge in [-0.15, -0.1) is 0 Å². The first-order chi connectivity index (χ1) is 10.1. The fraction of sp³-hybridized carbons (Fsp3) is 0.235. The predicted octanol–water partition coefficient (Wildman–Crippen LogP) is 2.51. The van der Waals surface area contributed by atoms with Crippen LogP contribution in [0, 0.1) is 0 Å². The topological polar surface area (TPSA) is 58.4 Å². The molecule has 1 amide bonds. The molecule has 0 atom stereocenters. The summed E-state index contributed by atoms with van der Waals surface area (Å²) in [7, 11) is 3.94. The number of hydrogen-bond acceptors (Lipinski definition) is 3. The Labute approximate surface area is 125 Å².